The number of nitrogens with zero attached hydrogens (tertiary/aromatic N) is 1. The number of aromatic nitrogens is 3. The smallest absolute Gasteiger partial charge is 0.548 e. The number of aromatic amines is 2. The first-order valence-electron chi connectivity index (χ1n) is 9.81. The largest absolute Gasteiger partial charge is 1.00 e. The number of ether oxygens (including phenoxy) is 1. The van der Waals surface area contributed by atoms with Gasteiger partial charge in [0.1, 0.15) is 5.65 Å². The standard InChI is InChI=1S/C21H23N5O6.Na/c1-32-15(27)9-8-14(20(30)31)24-18(28)12-5-2-11(3-6-12)4-7-13-10-23-17-16(13)19(29)26-21(22)25-17;/h2-3,5-6,10,14H,4,7-9H2,1H3,(H,24,28)(H,30,31)(H4,22,23,25,26,29);/q;+1/p-1/t14-;/m0./s1. The van der Waals surface area contributed by atoms with Crippen molar-refractivity contribution in [3.63, 3.8) is 0 Å². The van der Waals surface area contributed by atoms with Crippen molar-refractivity contribution in [2.75, 3.05) is 12.8 Å². The fraction of sp³-hybridized carbons (Fsp3) is 0.286. The molecule has 0 spiro atoms. The van der Waals surface area contributed by atoms with Gasteiger partial charge in [-0.3, -0.25) is 19.4 Å². The van der Waals surface area contributed by atoms with Gasteiger partial charge in [0.25, 0.3) is 11.5 Å². The number of hydrogen-bond donors (Lipinski definition) is 4. The van der Waals surface area contributed by atoms with Crippen molar-refractivity contribution in [2.24, 2.45) is 0 Å². The average molecular weight is 463 g/mol. The van der Waals surface area contributed by atoms with Crippen molar-refractivity contribution in [3.8, 4) is 0 Å². The molecule has 33 heavy (non-hydrogen) atoms. The number of methoxy groups -OCH3 is 1. The third-order valence-corrected chi connectivity index (χ3v) is 5.00. The number of nitrogen functional groups attached to an aromatic ring is 1. The number of carbonyl (C=O) groups excluding carboxylic acids is 3. The number of carboxylic acids is 1. The summed E-state index contributed by atoms with van der Waals surface area (Å²) in [5.41, 5.74) is 7.62. The Bertz CT molecular complexity index is 1200. The van der Waals surface area contributed by atoms with E-state index in [1.54, 1.807) is 30.5 Å². The monoisotopic (exact) mass is 463 g/mol. The number of nitrogens with two attached hydrogens (primary N) is 1. The van der Waals surface area contributed by atoms with E-state index < -0.39 is 23.9 Å². The molecule has 0 radical (unpaired) electrons. The number of benzene rings is 1. The maximum absolute atomic E-state index is 12.4. The first-order valence-corrected chi connectivity index (χ1v) is 9.81. The van der Waals surface area contributed by atoms with Crippen LogP contribution in [-0.4, -0.2) is 45.9 Å². The zero-order valence-corrected chi connectivity index (χ0v) is 20.3. The van der Waals surface area contributed by atoms with Crippen molar-refractivity contribution < 1.29 is 53.8 Å². The first-order chi connectivity index (χ1) is 15.3. The number of carbonyl (C=O) groups is 3. The third kappa shape index (κ3) is 6.67. The molecular formula is C21H22N5NaO6. The molecule has 3 aromatic rings. The summed E-state index contributed by atoms with van der Waals surface area (Å²) < 4.78 is 4.47. The molecule has 0 saturated carbocycles. The summed E-state index contributed by atoms with van der Waals surface area (Å²) in [6, 6.07) is 5.31. The molecule has 2 heterocycles. The van der Waals surface area contributed by atoms with Crippen molar-refractivity contribution in [1.29, 1.82) is 0 Å². The number of rotatable bonds is 9. The molecule has 0 fully saturated rings. The normalized spacial score (nSPS) is 11.4. The fourth-order valence-electron chi connectivity index (χ4n) is 3.27. The second-order valence-corrected chi connectivity index (χ2v) is 7.15. The molecule has 11 nitrogen and oxygen atoms in total. The topological polar surface area (TPSA) is 183 Å². The Morgan fingerprint density at radius 3 is 2.55 bits per heavy atom. The van der Waals surface area contributed by atoms with Crippen LogP contribution in [0.1, 0.15) is 34.3 Å². The molecule has 5 N–H and O–H groups in total. The van der Waals surface area contributed by atoms with Crippen LogP contribution < -0.4 is 51.3 Å². The van der Waals surface area contributed by atoms with Gasteiger partial charge in [0.2, 0.25) is 5.95 Å². The van der Waals surface area contributed by atoms with Gasteiger partial charge in [0.05, 0.1) is 24.5 Å². The minimum atomic E-state index is -1.48. The molecule has 0 aliphatic carbocycles. The summed E-state index contributed by atoms with van der Waals surface area (Å²) in [7, 11) is 1.19. The van der Waals surface area contributed by atoms with Crippen LogP contribution in [0.3, 0.4) is 0 Å². The van der Waals surface area contributed by atoms with Gasteiger partial charge in [-0.25, -0.2) is 0 Å². The number of nitrogens with one attached hydrogen (secondary N) is 3. The maximum atomic E-state index is 12.4. The summed E-state index contributed by atoms with van der Waals surface area (Å²) >= 11 is 0. The molecule has 1 amide bonds. The van der Waals surface area contributed by atoms with Crippen LogP contribution >= 0.6 is 0 Å². The molecule has 0 bridgehead atoms. The van der Waals surface area contributed by atoms with Crippen LogP contribution in [-0.2, 0) is 27.2 Å². The number of aliphatic carboxylic acids is 1. The number of esters is 1. The maximum Gasteiger partial charge on any atom is 1.00 e. The second-order valence-electron chi connectivity index (χ2n) is 7.15. The number of anilines is 1. The van der Waals surface area contributed by atoms with Gasteiger partial charge in [-0.1, -0.05) is 12.1 Å². The molecule has 1 aromatic carbocycles. The number of aryl methyl sites for hydroxylation is 2. The predicted molar refractivity (Wildman–Crippen MR) is 112 cm³/mol. The average Bonchev–Trinajstić information content (AvgIpc) is 3.17. The van der Waals surface area contributed by atoms with E-state index in [1.807, 2.05) is 0 Å². The Morgan fingerprint density at radius 1 is 1.21 bits per heavy atom. The first kappa shape index (κ1) is 26.1. The van der Waals surface area contributed by atoms with Crippen LogP contribution in [0.2, 0.25) is 0 Å². The van der Waals surface area contributed by atoms with Gasteiger partial charge >= 0.3 is 35.5 Å². The Morgan fingerprint density at radius 2 is 1.91 bits per heavy atom. The van der Waals surface area contributed by atoms with E-state index in [-0.39, 0.29) is 59.5 Å². The van der Waals surface area contributed by atoms with Crippen LogP contribution in [0.4, 0.5) is 5.95 Å². The second kappa shape index (κ2) is 11.6. The van der Waals surface area contributed by atoms with Crippen LogP contribution in [0.25, 0.3) is 11.0 Å². The number of hydrogen-bond acceptors (Lipinski definition) is 8. The van der Waals surface area contributed by atoms with Gasteiger partial charge in [-0.15, -0.1) is 0 Å². The zero-order chi connectivity index (χ0) is 23.3. The Labute approximate surface area is 210 Å². The molecule has 0 aliphatic rings. The molecule has 0 unspecified atom stereocenters. The summed E-state index contributed by atoms with van der Waals surface area (Å²) in [5, 5.41) is 14.0. The summed E-state index contributed by atoms with van der Waals surface area (Å²) in [4.78, 5) is 56.4. The summed E-state index contributed by atoms with van der Waals surface area (Å²) in [6.07, 6.45) is 2.57. The predicted octanol–water partition coefficient (Wildman–Crippen LogP) is -3.58. The molecule has 3 rings (SSSR count). The van der Waals surface area contributed by atoms with Gasteiger partial charge in [-0.2, -0.15) is 4.98 Å². The van der Waals surface area contributed by atoms with Gasteiger partial charge in [0.15, 0.2) is 0 Å². The van der Waals surface area contributed by atoms with Gasteiger partial charge in [-0.05, 0) is 42.5 Å². The number of H-pyrrole nitrogens is 2. The molecule has 2 aromatic heterocycles. The van der Waals surface area contributed by atoms with Crippen molar-refractivity contribution in [1.82, 2.24) is 20.3 Å². The Hall–Kier alpha value is -3.15. The van der Waals surface area contributed by atoms with E-state index in [0.29, 0.717) is 23.9 Å². The van der Waals surface area contributed by atoms with Gasteiger partial charge < -0.3 is 30.7 Å². The van der Waals surface area contributed by atoms with E-state index in [4.69, 9.17) is 5.73 Å². The fourth-order valence-corrected chi connectivity index (χ4v) is 3.27. The molecule has 12 heteroatoms. The van der Waals surface area contributed by atoms with Gasteiger partial charge in [0, 0.05) is 18.2 Å². The minimum absolute atomic E-state index is 0. The zero-order valence-electron chi connectivity index (χ0n) is 18.3. The summed E-state index contributed by atoms with van der Waals surface area (Å²) in [5.74, 6) is -2.62. The van der Waals surface area contributed by atoms with E-state index in [0.717, 1.165) is 11.1 Å². The Kier molecular flexibility index (Phi) is 9.21. The quantitative estimate of drug-likeness (QED) is 0.185. The molecule has 0 aliphatic heterocycles. The molecule has 1 atom stereocenters. The minimum Gasteiger partial charge on any atom is -0.548 e. The molecular weight excluding hydrogens is 441 g/mol. The van der Waals surface area contributed by atoms with Crippen molar-refractivity contribution in [2.45, 2.75) is 31.7 Å². The van der Waals surface area contributed by atoms with Crippen LogP contribution in [0, 0.1) is 0 Å². The number of fused-ring (bicyclic) bond motifs is 1. The SMILES string of the molecule is COC(=O)CC[C@H](NC(=O)c1ccc(CCc2c[nH]c3nc(N)[nH]c(=O)c23)cc1)C(=O)[O-].[Na+]. The van der Waals surface area contributed by atoms with Crippen LogP contribution in [0.15, 0.2) is 35.3 Å². The van der Waals surface area contributed by atoms with Crippen molar-refractivity contribution in [3.05, 3.63) is 57.5 Å². The number of carboxylic acid groups (broad SMARTS) is 1. The van der Waals surface area contributed by atoms with Crippen molar-refractivity contribution >= 4 is 34.8 Å². The number of amides is 1. The van der Waals surface area contributed by atoms with E-state index in [2.05, 4.69) is 25.0 Å². The van der Waals surface area contributed by atoms with E-state index in [1.165, 1.54) is 7.11 Å². The molecule has 0 saturated heterocycles. The summed E-state index contributed by atoms with van der Waals surface area (Å²) in [6.45, 7) is 0. The third-order valence-electron chi connectivity index (χ3n) is 5.00. The van der Waals surface area contributed by atoms with E-state index >= 15 is 0 Å². The van der Waals surface area contributed by atoms with E-state index in [9.17, 15) is 24.3 Å². The molecule has 168 valence electrons. The Balaban J connectivity index is 0.00000385. The van der Waals surface area contributed by atoms with Crippen LogP contribution in [0.5, 0.6) is 0 Å².